The number of amides is 1. The van der Waals surface area contributed by atoms with Crippen LogP contribution in [0.2, 0.25) is 0 Å². The SMILES string of the molecule is COCc1cnc(C)nc1C1CCCN(C(=O)CCCc2ccccc2)C1. The number of aromatic nitrogens is 2. The van der Waals surface area contributed by atoms with Gasteiger partial charge < -0.3 is 9.64 Å². The molecule has 1 aliphatic rings. The maximum Gasteiger partial charge on any atom is 0.222 e. The zero-order chi connectivity index (χ0) is 19.1. The highest BCUT2D eigenvalue weighted by atomic mass is 16.5. The fourth-order valence-corrected chi connectivity index (χ4v) is 3.81. The number of ether oxygens (including phenoxy) is 1. The molecular formula is C22H29N3O2. The number of benzene rings is 1. The number of hydrogen-bond donors (Lipinski definition) is 0. The Morgan fingerprint density at radius 2 is 2.11 bits per heavy atom. The summed E-state index contributed by atoms with van der Waals surface area (Å²) in [6.45, 7) is 4.02. The summed E-state index contributed by atoms with van der Waals surface area (Å²) < 4.78 is 5.31. The highest BCUT2D eigenvalue weighted by Gasteiger charge is 2.27. The van der Waals surface area contributed by atoms with E-state index in [0.29, 0.717) is 13.0 Å². The van der Waals surface area contributed by atoms with Crippen molar-refractivity contribution in [3.05, 3.63) is 59.2 Å². The number of carbonyl (C=O) groups is 1. The molecule has 5 nitrogen and oxygen atoms in total. The predicted octanol–water partition coefficient (Wildman–Crippen LogP) is 3.66. The molecule has 0 aliphatic carbocycles. The van der Waals surface area contributed by atoms with Gasteiger partial charge in [-0.05, 0) is 38.2 Å². The van der Waals surface area contributed by atoms with Crippen molar-refractivity contribution < 1.29 is 9.53 Å². The highest BCUT2D eigenvalue weighted by molar-refractivity contribution is 5.76. The van der Waals surface area contributed by atoms with E-state index < -0.39 is 0 Å². The molecule has 0 saturated carbocycles. The number of aryl methyl sites for hydroxylation is 2. The van der Waals surface area contributed by atoms with E-state index in [9.17, 15) is 4.79 Å². The first-order chi connectivity index (χ1) is 13.2. The topological polar surface area (TPSA) is 55.3 Å². The number of carbonyl (C=O) groups excluding carboxylic acids is 1. The number of hydrogen-bond acceptors (Lipinski definition) is 4. The van der Waals surface area contributed by atoms with Gasteiger partial charge in [0.2, 0.25) is 5.91 Å². The van der Waals surface area contributed by atoms with Crippen LogP contribution in [0.5, 0.6) is 0 Å². The molecule has 1 aliphatic heterocycles. The van der Waals surface area contributed by atoms with Crippen LogP contribution in [0.1, 0.15) is 54.2 Å². The maximum atomic E-state index is 12.7. The first-order valence-corrected chi connectivity index (χ1v) is 9.80. The lowest BCUT2D eigenvalue weighted by atomic mass is 9.91. The molecule has 1 atom stereocenters. The average molecular weight is 367 g/mol. The summed E-state index contributed by atoms with van der Waals surface area (Å²) in [5.41, 5.74) is 3.38. The van der Waals surface area contributed by atoms with Crippen molar-refractivity contribution in [2.75, 3.05) is 20.2 Å². The monoisotopic (exact) mass is 367 g/mol. The number of nitrogens with zero attached hydrogens (tertiary/aromatic N) is 3. The van der Waals surface area contributed by atoms with Crippen LogP contribution in [0.15, 0.2) is 36.5 Å². The van der Waals surface area contributed by atoms with E-state index >= 15 is 0 Å². The minimum atomic E-state index is 0.259. The molecule has 5 heteroatoms. The Hall–Kier alpha value is -2.27. The van der Waals surface area contributed by atoms with Gasteiger partial charge in [-0.15, -0.1) is 0 Å². The molecule has 0 spiro atoms. The van der Waals surface area contributed by atoms with Gasteiger partial charge in [-0.1, -0.05) is 30.3 Å². The maximum absolute atomic E-state index is 12.7. The summed E-state index contributed by atoms with van der Waals surface area (Å²) in [5, 5.41) is 0. The fourth-order valence-electron chi connectivity index (χ4n) is 3.81. The Balaban J connectivity index is 1.59. The quantitative estimate of drug-likeness (QED) is 0.749. The Morgan fingerprint density at radius 1 is 1.30 bits per heavy atom. The summed E-state index contributed by atoms with van der Waals surface area (Å²) in [5.74, 6) is 1.30. The zero-order valence-corrected chi connectivity index (χ0v) is 16.4. The molecule has 2 aromatic rings. The smallest absolute Gasteiger partial charge is 0.222 e. The van der Waals surface area contributed by atoms with E-state index in [0.717, 1.165) is 55.9 Å². The molecule has 27 heavy (non-hydrogen) atoms. The van der Waals surface area contributed by atoms with Crippen LogP contribution in [-0.4, -0.2) is 41.0 Å². The summed E-state index contributed by atoms with van der Waals surface area (Å²) in [7, 11) is 1.69. The summed E-state index contributed by atoms with van der Waals surface area (Å²) in [6.07, 6.45) is 6.39. The lowest BCUT2D eigenvalue weighted by Crippen LogP contribution is -2.39. The molecule has 1 aromatic heterocycles. The Kier molecular flexibility index (Phi) is 6.93. The largest absolute Gasteiger partial charge is 0.380 e. The van der Waals surface area contributed by atoms with Gasteiger partial charge in [0.25, 0.3) is 0 Å². The molecule has 0 N–H and O–H groups in total. The van der Waals surface area contributed by atoms with Crippen LogP contribution >= 0.6 is 0 Å². The standard InChI is InChI=1S/C22H29N3O2/c1-17-23-14-20(16-27-2)22(24-17)19-11-7-13-25(15-19)21(26)12-6-10-18-8-4-3-5-9-18/h3-5,8-9,14,19H,6-7,10-13,15-16H2,1-2H3. The third-order valence-corrected chi connectivity index (χ3v) is 5.18. The molecule has 1 unspecified atom stereocenters. The van der Waals surface area contributed by atoms with E-state index in [1.807, 2.05) is 36.2 Å². The van der Waals surface area contributed by atoms with Gasteiger partial charge in [0.1, 0.15) is 5.82 Å². The molecule has 0 bridgehead atoms. The van der Waals surface area contributed by atoms with Crippen LogP contribution < -0.4 is 0 Å². The van der Waals surface area contributed by atoms with E-state index in [4.69, 9.17) is 4.74 Å². The first-order valence-electron chi connectivity index (χ1n) is 9.80. The zero-order valence-electron chi connectivity index (χ0n) is 16.4. The van der Waals surface area contributed by atoms with Gasteiger partial charge in [0.15, 0.2) is 0 Å². The van der Waals surface area contributed by atoms with E-state index in [2.05, 4.69) is 22.1 Å². The van der Waals surface area contributed by atoms with Crippen molar-refractivity contribution in [2.24, 2.45) is 0 Å². The van der Waals surface area contributed by atoms with E-state index in [1.165, 1.54) is 5.56 Å². The van der Waals surface area contributed by atoms with Gasteiger partial charge in [0.05, 0.1) is 12.3 Å². The van der Waals surface area contributed by atoms with Crippen molar-refractivity contribution >= 4 is 5.91 Å². The number of likely N-dealkylation sites (tertiary alicyclic amines) is 1. The van der Waals surface area contributed by atoms with Gasteiger partial charge >= 0.3 is 0 Å². The fraction of sp³-hybridized carbons (Fsp3) is 0.500. The van der Waals surface area contributed by atoms with Crippen molar-refractivity contribution in [2.45, 2.75) is 51.6 Å². The van der Waals surface area contributed by atoms with Crippen LogP contribution in [-0.2, 0) is 22.6 Å². The summed E-state index contributed by atoms with van der Waals surface area (Å²) in [6, 6.07) is 10.4. The second-order valence-corrected chi connectivity index (χ2v) is 7.28. The van der Waals surface area contributed by atoms with Crippen molar-refractivity contribution in [1.82, 2.24) is 14.9 Å². The first kappa shape index (κ1) is 19.5. The molecule has 1 aromatic carbocycles. The number of piperidine rings is 1. The minimum absolute atomic E-state index is 0.259. The lowest BCUT2D eigenvalue weighted by Gasteiger charge is -2.33. The third-order valence-electron chi connectivity index (χ3n) is 5.18. The second-order valence-electron chi connectivity index (χ2n) is 7.28. The van der Waals surface area contributed by atoms with Gasteiger partial charge in [0, 0.05) is 44.3 Å². The van der Waals surface area contributed by atoms with Crippen LogP contribution in [0.3, 0.4) is 0 Å². The normalized spacial score (nSPS) is 17.1. The molecule has 144 valence electrons. The molecule has 3 rings (SSSR count). The van der Waals surface area contributed by atoms with Crippen LogP contribution in [0.25, 0.3) is 0 Å². The summed E-state index contributed by atoms with van der Waals surface area (Å²) >= 11 is 0. The highest BCUT2D eigenvalue weighted by Crippen LogP contribution is 2.28. The molecule has 2 heterocycles. The van der Waals surface area contributed by atoms with Gasteiger partial charge in [-0.3, -0.25) is 4.79 Å². The molecule has 1 saturated heterocycles. The van der Waals surface area contributed by atoms with Gasteiger partial charge in [-0.25, -0.2) is 9.97 Å². The van der Waals surface area contributed by atoms with Gasteiger partial charge in [-0.2, -0.15) is 0 Å². The molecular weight excluding hydrogens is 338 g/mol. The number of rotatable bonds is 7. The third kappa shape index (κ3) is 5.36. The number of methoxy groups -OCH3 is 1. The Bertz CT molecular complexity index is 748. The molecule has 1 fully saturated rings. The van der Waals surface area contributed by atoms with Crippen molar-refractivity contribution in [3.63, 3.8) is 0 Å². The van der Waals surface area contributed by atoms with Crippen LogP contribution in [0.4, 0.5) is 0 Å². The molecule has 1 amide bonds. The predicted molar refractivity (Wildman–Crippen MR) is 105 cm³/mol. The van der Waals surface area contributed by atoms with Crippen LogP contribution in [0, 0.1) is 6.92 Å². The average Bonchev–Trinajstić information content (AvgIpc) is 2.70. The lowest BCUT2D eigenvalue weighted by molar-refractivity contribution is -0.132. The van der Waals surface area contributed by atoms with E-state index in [-0.39, 0.29) is 11.8 Å². The minimum Gasteiger partial charge on any atom is -0.380 e. The second kappa shape index (κ2) is 9.60. The summed E-state index contributed by atoms with van der Waals surface area (Å²) in [4.78, 5) is 23.7. The van der Waals surface area contributed by atoms with Crippen molar-refractivity contribution in [3.8, 4) is 0 Å². The Labute approximate surface area is 161 Å². The Morgan fingerprint density at radius 3 is 2.89 bits per heavy atom. The van der Waals surface area contributed by atoms with E-state index in [1.54, 1.807) is 7.11 Å². The van der Waals surface area contributed by atoms with Crippen molar-refractivity contribution in [1.29, 1.82) is 0 Å². The molecule has 0 radical (unpaired) electrons.